The van der Waals surface area contributed by atoms with Crippen molar-refractivity contribution in [2.24, 2.45) is 5.41 Å². The molecule has 0 aliphatic rings. The van der Waals surface area contributed by atoms with E-state index in [1.165, 1.54) is 6.07 Å². The number of carbonyl (C=O) groups excluding carboxylic acids is 1. The maximum absolute atomic E-state index is 13.3. The summed E-state index contributed by atoms with van der Waals surface area (Å²) in [5.74, 6) is -1.90. The number of hydrogen-bond acceptors (Lipinski definition) is 2. The minimum Gasteiger partial charge on any atom is -0.481 e. The lowest BCUT2D eigenvalue weighted by Gasteiger charge is -2.26. The van der Waals surface area contributed by atoms with Gasteiger partial charge in [0.25, 0.3) is 5.91 Å². The molecule has 1 aromatic rings. The molecular formula is C16H22FNO3. The second-order valence-electron chi connectivity index (χ2n) is 6.55. The number of aliphatic carboxylic acids is 1. The summed E-state index contributed by atoms with van der Waals surface area (Å²) in [4.78, 5) is 23.1. The molecule has 0 aromatic heterocycles. The van der Waals surface area contributed by atoms with Crippen molar-refractivity contribution in [3.05, 3.63) is 35.1 Å². The van der Waals surface area contributed by atoms with Gasteiger partial charge in [-0.15, -0.1) is 0 Å². The summed E-state index contributed by atoms with van der Waals surface area (Å²) in [7, 11) is 0. The standard InChI is InChI=1S/C16H22FNO3/c1-10-5-11(7-12(17)6-10)15(21)18-13(8-14(19)20)9-16(2,3)4/h5-7,13H,8-9H2,1-4H3,(H,18,21)(H,19,20). The molecule has 1 atom stereocenters. The van der Waals surface area contributed by atoms with E-state index in [1.54, 1.807) is 13.0 Å². The molecule has 0 radical (unpaired) electrons. The average molecular weight is 295 g/mol. The molecule has 2 N–H and O–H groups in total. The molecule has 0 fully saturated rings. The number of rotatable bonds is 5. The van der Waals surface area contributed by atoms with Crippen molar-refractivity contribution in [3.63, 3.8) is 0 Å². The Labute approximate surface area is 124 Å². The lowest BCUT2D eigenvalue weighted by Crippen LogP contribution is -2.39. The molecule has 0 spiro atoms. The molecule has 1 aromatic carbocycles. The first-order valence-corrected chi connectivity index (χ1v) is 6.87. The second-order valence-corrected chi connectivity index (χ2v) is 6.55. The van der Waals surface area contributed by atoms with Gasteiger partial charge in [-0.2, -0.15) is 0 Å². The van der Waals surface area contributed by atoms with Gasteiger partial charge in [0.1, 0.15) is 5.82 Å². The van der Waals surface area contributed by atoms with E-state index in [2.05, 4.69) is 5.32 Å². The first kappa shape index (κ1) is 17.1. The third kappa shape index (κ3) is 6.38. The average Bonchev–Trinajstić information content (AvgIpc) is 2.23. The van der Waals surface area contributed by atoms with Crippen LogP contribution in [-0.2, 0) is 4.79 Å². The predicted octanol–water partition coefficient (Wildman–Crippen LogP) is 3.14. The highest BCUT2D eigenvalue weighted by Gasteiger charge is 2.23. The Morgan fingerprint density at radius 3 is 2.38 bits per heavy atom. The molecule has 1 amide bonds. The molecule has 4 nitrogen and oxygen atoms in total. The van der Waals surface area contributed by atoms with E-state index in [1.807, 2.05) is 20.8 Å². The van der Waals surface area contributed by atoms with Crippen LogP contribution in [0.1, 0.15) is 49.5 Å². The van der Waals surface area contributed by atoms with Crippen LogP contribution in [0.25, 0.3) is 0 Å². The summed E-state index contributed by atoms with van der Waals surface area (Å²) in [5, 5.41) is 11.6. The second kappa shape index (κ2) is 6.70. The minimum absolute atomic E-state index is 0.120. The SMILES string of the molecule is Cc1cc(F)cc(C(=O)NC(CC(=O)O)CC(C)(C)C)c1. The van der Waals surface area contributed by atoms with Gasteiger partial charge in [0, 0.05) is 11.6 Å². The summed E-state index contributed by atoms with van der Waals surface area (Å²) in [6.07, 6.45) is 0.372. The van der Waals surface area contributed by atoms with Crippen LogP contribution in [0.15, 0.2) is 18.2 Å². The molecule has 0 aliphatic carbocycles. The molecular weight excluding hydrogens is 273 g/mol. The summed E-state index contributed by atoms with van der Waals surface area (Å²) in [6.45, 7) is 7.62. The van der Waals surface area contributed by atoms with Crippen LogP contribution in [0, 0.1) is 18.2 Å². The minimum atomic E-state index is -0.972. The van der Waals surface area contributed by atoms with Gasteiger partial charge in [-0.1, -0.05) is 20.8 Å². The first-order valence-electron chi connectivity index (χ1n) is 6.87. The van der Waals surface area contributed by atoms with Crippen LogP contribution in [0.5, 0.6) is 0 Å². The molecule has 1 unspecified atom stereocenters. The van der Waals surface area contributed by atoms with Crippen LogP contribution in [-0.4, -0.2) is 23.0 Å². The number of carbonyl (C=O) groups is 2. The van der Waals surface area contributed by atoms with Crippen LogP contribution >= 0.6 is 0 Å². The quantitative estimate of drug-likeness (QED) is 0.877. The molecule has 0 saturated heterocycles. The fraction of sp³-hybridized carbons (Fsp3) is 0.500. The molecule has 21 heavy (non-hydrogen) atoms. The number of hydrogen-bond donors (Lipinski definition) is 2. The van der Waals surface area contributed by atoms with Crippen molar-refractivity contribution >= 4 is 11.9 Å². The van der Waals surface area contributed by atoms with E-state index in [-0.39, 0.29) is 17.4 Å². The van der Waals surface area contributed by atoms with E-state index in [4.69, 9.17) is 5.11 Å². The molecule has 0 bridgehead atoms. The molecule has 0 saturated carbocycles. The fourth-order valence-corrected chi connectivity index (χ4v) is 2.26. The van der Waals surface area contributed by atoms with Crippen molar-refractivity contribution in [1.29, 1.82) is 0 Å². The number of halogens is 1. The smallest absolute Gasteiger partial charge is 0.305 e. The highest BCUT2D eigenvalue weighted by Crippen LogP contribution is 2.22. The largest absolute Gasteiger partial charge is 0.481 e. The van der Waals surface area contributed by atoms with E-state index in [0.29, 0.717) is 12.0 Å². The Morgan fingerprint density at radius 1 is 1.29 bits per heavy atom. The number of carboxylic acid groups (broad SMARTS) is 1. The van der Waals surface area contributed by atoms with Gasteiger partial charge < -0.3 is 10.4 Å². The molecule has 116 valence electrons. The lowest BCUT2D eigenvalue weighted by molar-refractivity contribution is -0.137. The maximum Gasteiger partial charge on any atom is 0.305 e. The Bertz CT molecular complexity index is 515. The van der Waals surface area contributed by atoms with Crippen molar-refractivity contribution in [2.45, 2.75) is 46.6 Å². The van der Waals surface area contributed by atoms with E-state index >= 15 is 0 Å². The number of nitrogens with one attached hydrogen (secondary N) is 1. The summed E-state index contributed by atoms with van der Waals surface area (Å²) < 4.78 is 13.3. The highest BCUT2D eigenvalue weighted by molar-refractivity contribution is 5.94. The zero-order valence-electron chi connectivity index (χ0n) is 12.9. The third-order valence-corrected chi connectivity index (χ3v) is 2.92. The Kier molecular flexibility index (Phi) is 5.47. The number of aryl methyl sites for hydroxylation is 1. The van der Waals surface area contributed by atoms with Gasteiger partial charge >= 0.3 is 5.97 Å². The highest BCUT2D eigenvalue weighted by atomic mass is 19.1. The number of amides is 1. The number of benzene rings is 1. The predicted molar refractivity (Wildman–Crippen MR) is 78.7 cm³/mol. The normalized spacial score (nSPS) is 12.8. The van der Waals surface area contributed by atoms with Crippen molar-refractivity contribution in [1.82, 2.24) is 5.32 Å². The van der Waals surface area contributed by atoms with Crippen molar-refractivity contribution in [2.75, 3.05) is 0 Å². The van der Waals surface area contributed by atoms with Crippen LogP contribution in [0.2, 0.25) is 0 Å². The summed E-state index contributed by atoms with van der Waals surface area (Å²) >= 11 is 0. The molecule has 1 rings (SSSR count). The molecule has 5 heteroatoms. The van der Waals surface area contributed by atoms with Gasteiger partial charge in [-0.25, -0.2) is 4.39 Å². The molecule has 0 heterocycles. The van der Waals surface area contributed by atoms with Gasteiger partial charge in [0.05, 0.1) is 6.42 Å². The monoisotopic (exact) mass is 295 g/mol. The topological polar surface area (TPSA) is 66.4 Å². The maximum atomic E-state index is 13.3. The summed E-state index contributed by atoms with van der Waals surface area (Å²) in [6, 6.07) is 3.57. The Morgan fingerprint density at radius 2 is 1.90 bits per heavy atom. The van der Waals surface area contributed by atoms with Gasteiger partial charge in [-0.3, -0.25) is 9.59 Å². The van der Waals surface area contributed by atoms with E-state index < -0.39 is 23.7 Å². The van der Waals surface area contributed by atoms with Crippen LogP contribution in [0.3, 0.4) is 0 Å². The lowest BCUT2D eigenvalue weighted by atomic mass is 9.87. The van der Waals surface area contributed by atoms with Gasteiger partial charge in [0.15, 0.2) is 0 Å². The van der Waals surface area contributed by atoms with Gasteiger partial charge in [0.2, 0.25) is 0 Å². The van der Waals surface area contributed by atoms with Crippen molar-refractivity contribution < 1.29 is 19.1 Å². The van der Waals surface area contributed by atoms with Gasteiger partial charge in [-0.05, 0) is 42.5 Å². The zero-order chi connectivity index (χ0) is 16.2. The fourth-order valence-electron chi connectivity index (χ4n) is 2.26. The summed E-state index contributed by atoms with van der Waals surface area (Å²) in [5.41, 5.74) is 0.730. The third-order valence-electron chi connectivity index (χ3n) is 2.92. The van der Waals surface area contributed by atoms with Crippen LogP contribution in [0.4, 0.5) is 4.39 Å². The Hall–Kier alpha value is -1.91. The Balaban J connectivity index is 2.86. The van der Waals surface area contributed by atoms with Crippen molar-refractivity contribution in [3.8, 4) is 0 Å². The number of carboxylic acids is 1. The van der Waals surface area contributed by atoms with E-state index in [9.17, 15) is 14.0 Å². The zero-order valence-corrected chi connectivity index (χ0v) is 12.9. The molecule has 0 aliphatic heterocycles. The van der Waals surface area contributed by atoms with E-state index in [0.717, 1.165) is 6.07 Å². The van der Waals surface area contributed by atoms with Crippen LogP contribution < -0.4 is 5.32 Å². The first-order chi connectivity index (χ1) is 9.56.